The van der Waals surface area contributed by atoms with Crippen LogP contribution in [0.5, 0.6) is 0 Å². The van der Waals surface area contributed by atoms with Crippen LogP contribution >= 0.6 is 0 Å². The summed E-state index contributed by atoms with van der Waals surface area (Å²) in [7, 11) is 0. The molecule has 0 bridgehead atoms. The van der Waals surface area contributed by atoms with Crippen LogP contribution in [0.25, 0.3) is 72.4 Å². The van der Waals surface area contributed by atoms with Crippen LogP contribution in [-0.2, 0) is 25.5 Å². The quantitative estimate of drug-likeness (QED) is 0.123. The Balaban J connectivity index is 0.000000293. The first-order chi connectivity index (χ1) is 31.8. The van der Waals surface area contributed by atoms with Crippen LogP contribution < -0.4 is 8.79 Å². The minimum absolute atomic E-state index is 0. The van der Waals surface area contributed by atoms with Gasteiger partial charge in [-0.1, -0.05) is 32.9 Å². The van der Waals surface area contributed by atoms with Crippen molar-refractivity contribution in [2.75, 3.05) is 0 Å². The van der Waals surface area contributed by atoms with Crippen LogP contribution in [0.4, 0.5) is 4.39 Å². The van der Waals surface area contributed by atoms with Gasteiger partial charge in [-0.05, 0) is 34.9 Å². The summed E-state index contributed by atoms with van der Waals surface area (Å²) < 4.78 is 25.2. The number of imidazole rings is 1. The number of hydrogen-bond acceptors (Lipinski definition) is 4. The number of aromatic nitrogens is 3. The van der Waals surface area contributed by atoms with Crippen molar-refractivity contribution in [1.29, 1.82) is 5.26 Å². The van der Waals surface area contributed by atoms with E-state index >= 15 is 0 Å². The van der Waals surface area contributed by atoms with Gasteiger partial charge in [-0.2, -0.15) is 5.26 Å². The summed E-state index contributed by atoms with van der Waals surface area (Å²) in [6, 6.07) is 47.7. The number of benzene rings is 6. The normalized spacial score (nSPS) is 14.1. The van der Waals surface area contributed by atoms with Gasteiger partial charge < -0.3 is 4.98 Å². The minimum atomic E-state index is -2.09. The summed E-state index contributed by atoms with van der Waals surface area (Å²) in [5, 5.41) is 14.5. The molecule has 4 heterocycles. The Morgan fingerprint density at radius 3 is 2.13 bits per heavy atom. The maximum absolute atomic E-state index is 12.8. The number of fused-ring (bicyclic) bond motifs is 5. The topological polar surface area (TPSA) is 67.6 Å². The second-order valence-electron chi connectivity index (χ2n) is 21.2. The zero-order valence-corrected chi connectivity index (χ0v) is 47.6. The van der Waals surface area contributed by atoms with E-state index in [9.17, 15) is 9.65 Å². The number of pyridine rings is 1. The third-order valence-corrected chi connectivity index (χ3v) is 31.3. The van der Waals surface area contributed by atoms with E-state index in [1.165, 1.54) is 56.1 Å². The average molecular weight is 1200 g/mol. The van der Waals surface area contributed by atoms with Crippen molar-refractivity contribution in [3.05, 3.63) is 162 Å². The second kappa shape index (κ2) is 19.0. The molecule has 0 fully saturated rings. The first-order valence-electron chi connectivity index (χ1n) is 23.6. The molecular formula is C59H59FGe2IrN4O-2. The van der Waals surface area contributed by atoms with Gasteiger partial charge >= 0.3 is 250 Å². The predicted molar refractivity (Wildman–Crippen MR) is 282 cm³/mol. The second-order valence-corrected chi connectivity index (χ2v) is 41.4. The Bertz CT molecular complexity index is 3360. The van der Waals surface area contributed by atoms with E-state index in [4.69, 9.17) is 9.40 Å². The van der Waals surface area contributed by atoms with Gasteiger partial charge in [-0.3, -0.25) is 4.39 Å². The van der Waals surface area contributed by atoms with Gasteiger partial charge in [-0.15, -0.1) is 35.9 Å². The molecule has 0 saturated heterocycles. The Morgan fingerprint density at radius 2 is 1.47 bits per heavy atom. The zero-order valence-electron chi connectivity index (χ0n) is 41.0. The molecule has 1 radical (unpaired) electrons. The van der Waals surface area contributed by atoms with Crippen LogP contribution in [0.1, 0.15) is 82.6 Å². The van der Waals surface area contributed by atoms with Crippen molar-refractivity contribution in [1.82, 2.24) is 14.5 Å². The molecule has 0 unspecified atom stereocenters. The summed E-state index contributed by atoms with van der Waals surface area (Å²) in [5.74, 6) is 11.5. The molecule has 68 heavy (non-hydrogen) atoms. The average Bonchev–Trinajstić information content (AvgIpc) is 3.88. The Kier molecular flexibility index (Phi) is 13.8. The van der Waals surface area contributed by atoms with E-state index < -0.39 is 26.5 Å². The fourth-order valence-corrected chi connectivity index (χ4v) is 40.2. The monoisotopic (exact) mass is 1200 g/mol. The molecule has 5 nitrogen and oxygen atoms in total. The molecular weight excluding hydrogens is 1140 g/mol. The summed E-state index contributed by atoms with van der Waals surface area (Å²) in [6.07, 6.45) is 1.78. The van der Waals surface area contributed by atoms with Gasteiger partial charge in [0.05, 0.1) is 11.6 Å². The van der Waals surface area contributed by atoms with E-state index in [1.807, 2.05) is 42.5 Å². The van der Waals surface area contributed by atoms with Crippen molar-refractivity contribution < 1.29 is 28.9 Å². The SMILES string of the molecule is CC(C)(C)c1ccnc(-c2[c-]cc(F)cc2)c1.CC(C)c1cc(-c2cc[c]3[c](c2)[Ge]([CH3])([CH3])[CH2][CH2][Ge]3([CH3])[CH3])cc(C(C)C)c1-n1c(-c2[c-]ccc3c2oc2cc(C#N)ccc23)nc2ccccc21.[Ir]. The molecule has 0 aliphatic carbocycles. The summed E-state index contributed by atoms with van der Waals surface area (Å²) in [4.78, 5) is 9.60. The Hall–Kier alpha value is -5.10. The predicted octanol–water partition coefficient (Wildman–Crippen LogP) is 15.0. The fourth-order valence-electron chi connectivity index (χ4n) is 9.76. The molecule has 0 spiro atoms. The van der Waals surface area contributed by atoms with Crippen LogP contribution in [0.3, 0.4) is 0 Å². The molecule has 6 aromatic carbocycles. The van der Waals surface area contributed by atoms with Gasteiger partial charge in [0.15, 0.2) is 0 Å². The largest absolute Gasteiger partial charge is 0 e. The summed E-state index contributed by atoms with van der Waals surface area (Å²) in [6.45, 7) is 15.7. The van der Waals surface area contributed by atoms with E-state index in [0.29, 0.717) is 11.1 Å². The minimum Gasteiger partial charge on any atom is 0 e. The van der Waals surface area contributed by atoms with Crippen LogP contribution in [0, 0.1) is 29.3 Å². The molecule has 3 aromatic heterocycles. The van der Waals surface area contributed by atoms with Crippen molar-refractivity contribution >= 4 is 68.3 Å². The number of halogens is 1. The maximum Gasteiger partial charge on any atom is 0 e. The van der Waals surface area contributed by atoms with Crippen LogP contribution in [0.2, 0.25) is 33.5 Å². The molecule has 347 valence electrons. The maximum atomic E-state index is 12.8. The van der Waals surface area contributed by atoms with Crippen LogP contribution in [0.15, 0.2) is 126 Å². The van der Waals surface area contributed by atoms with Gasteiger partial charge in [0, 0.05) is 37.5 Å². The van der Waals surface area contributed by atoms with E-state index in [-0.39, 0.29) is 43.2 Å². The van der Waals surface area contributed by atoms with Gasteiger partial charge in [0.2, 0.25) is 0 Å². The van der Waals surface area contributed by atoms with E-state index in [0.717, 1.165) is 50.0 Å². The summed E-state index contributed by atoms with van der Waals surface area (Å²) >= 11 is -4.08. The molecule has 0 saturated carbocycles. The number of furan rings is 1. The van der Waals surface area contributed by atoms with Crippen molar-refractivity contribution in [3.63, 3.8) is 0 Å². The van der Waals surface area contributed by atoms with Gasteiger partial charge in [-0.25, -0.2) is 0 Å². The van der Waals surface area contributed by atoms with Crippen molar-refractivity contribution in [3.8, 4) is 45.5 Å². The number of hydrogen-bond donors (Lipinski definition) is 0. The molecule has 0 atom stereocenters. The Labute approximate surface area is 420 Å². The molecule has 1 aliphatic rings. The number of rotatable bonds is 6. The molecule has 9 aromatic rings. The third-order valence-electron chi connectivity index (χ3n) is 13.8. The fraction of sp³-hybridized carbons (Fsp3) is 0.271. The van der Waals surface area contributed by atoms with E-state index in [2.05, 4.69) is 154 Å². The van der Waals surface area contributed by atoms with Crippen molar-refractivity contribution in [2.24, 2.45) is 0 Å². The first-order valence-corrected chi connectivity index (χ1v) is 37.0. The molecule has 0 N–H and O–H groups in total. The number of para-hydroxylation sites is 2. The van der Waals surface area contributed by atoms with Crippen LogP contribution in [-0.4, -0.2) is 41.1 Å². The standard InChI is InChI=1S/C44H44Ge2N3O.C15H15FN.Ir/c1-27(2)35-23-31(30-17-19-37-38(25-30)46(7,8)21-20-45(37,5)6)24-36(28(3)4)42(35)49-40-15-10-9-14-39(40)48-44(49)34-13-11-12-33-32-18-16-29(26-47)22-41(32)50-43(33)34;1-15(2,3)12-8-9-17-14(10-12)11-4-6-13(16)7-5-11;/h9-12,14-19,22-25,27-28H,20-21H2,1-8H3;4,6-10H,1-3H3;/q2*-1;. The van der Waals surface area contributed by atoms with Crippen molar-refractivity contribution in [2.45, 2.75) is 99.2 Å². The Morgan fingerprint density at radius 1 is 0.765 bits per heavy atom. The molecule has 10 rings (SSSR count). The van der Waals surface area contributed by atoms with Gasteiger partial charge in [0.25, 0.3) is 0 Å². The molecule has 0 amide bonds. The smallest absolute Gasteiger partial charge is 0 e. The number of nitriles is 1. The van der Waals surface area contributed by atoms with E-state index in [1.54, 1.807) is 21.1 Å². The number of nitrogens with zero attached hydrogens (tertiary/aromatic N) is 4. The molecule has 1 aliphatic heterocycles. The molecule has 9 heteroatoms. The third kappa shape index (κ3) is 9.34. The first kappa shape index (κ1) is 49.3. The zero-order chi connectivity index (χ0) is 47.6. The summed E-state index contributed by atoms with van der Waals surface area (Å²) in [5.41, 5.74) is 14.2. The van der Waals surface area contributed by atoms with Gasteiger partial charge in [0.1, 0.15) is 5.58 Å².